The van der Waals surface area contributed by atoms with Crippen LogP contribution < -0.4 is 0 Å². The van der Waals surface area contributed by atoms with Crippen molar-refractivity contribution in [1.82, 2.24) is 0 Å². The molecular formula is C4H10CaO5S. The fourth-order valence-electron chi connectivity index (χ4n) is 0.406. The topological polar surface area (TPSA) is 91.7 Å². The number of carboxylic acid groups (broad SMARTS) is 1. The van der Waals surface area contributed by atoms with Gasteiger partial charge in [-0.1, -0.05) is 0 Å². The van der Waals surface area contributed by atoms with E-state index in [1.54, 1.807) is 0 Å². The van der Waals surface area contributed by atoms with Gasteiger partial charge in [0.15, 0.2) is 0 Å². The van der Waals surface area contributed by atoms with Gasteiger partial charge in [0.1, 0.15) is 0 Å². The quantitative estimate of drug-likeness (QED) is 0.450. The molecule has 0 aliphatic carbocycles. The average Bonchev–Trinajstić information content (AvgIpc) is 1.59. The molecule has 0 aromatic heterocycles. The number of aliphatic carboxylic acids is 1. The summed E-state index contributed by atoms with van der Waals surface area (Å²) in [5.74, 6) is -1.55. The number of carboxylic acids is 1. The van der Waals surface area contributed by atoms with E-state index in [0.717, 1.165) is 0 Å². The number of rotatable bonds is 4. The summed E-state index contributed by atoms with van der Waals surface area (Å²) in [6.45, 7) is 0. The zero-order valence-corrected chi connectivity index (χ0v) is 5.97. The van der Waals surface area contributed by atoms with Crippen LogP contribution in [0, 0.1) is 0 Å². The van der Waals surface area contributed by atoms with Gasteiger partial charge in [-0.05, 0) is 6.42 Å². The second-order valence-electron chi connectivity index (χ2n) is 1.78. The first-order valence-electron chi connectivity index (χ1n) is 2.59. The number of hydrogen-bond acceptors (Lipinski definition) is 3. The van der Waals surface area contributed by atoms with Crippen molar-refractivity contribution in [1.29, 1.82) is 0 Å². The van der Waals surface area contributed by atoms with E-state index in [1.807, 2.05) is 0 Å². The van der Waals surface area contributed by atoms with Crippen LogP contribution in [0.15, 0.2) is 0 Å². The van der Waals surface area contributed by atoms with E-state index in [4.69, 9.17) is 9.66 Å². The van der Waals surface area contributed by atoms with Gasteiger partial charge >= 0.3 is 43.7 Å². The Hall–Kier alpha value is 0.640. The van der Waals surface area contributed by atoms with E-state index in [-0.39, 0.29) is 50.6 Å². The van der Waals surface area contributed by atoms with Gasteiger partial charge in [-0.3, -0.25) is 9.35 Å². The van der Waals surface area contributed by atoms with Gasteiger partial charge in [-0.2, -0.15) is 8.42 Å². The Kier molecular flexibility index (Phi) is 7.98. The maximum atomic E-state index is 9.98. The molecule has 0 aromatic rings. The van der Waals surface area contributed by atoms with Crippen molar-refractivity contribution in [2.45, 2.75) is 12.8 Å². The Morgan fingerprint density at radius 2 is 1.82 bits per heavy atom. The molecule has 2 N–H and O–H groups in total. The van der Waals surface area contributed by atoms with Crippen LogP contribution in [0.3, 0.4) is 0 Å². The van der Waals surface area contributed by atoms with E-state index in [9.17, 15) is 13.2 Å². The first-order chi connectivity index (χ1) is 4.42. The van der Waals surface area contributed by atoms with Gasteiger partial charge in [-0.25, -0.2) is 0 Å². The van der Waals surface area contributed by atoms with E-state index in [0.29, 0.717) is 0 Å². The standard InChI is InChI=1S/C4H8O5S.Ca.2H/c5-4(6)2-1-3-10(7,8)9;;;/h1-3H2,(H,5,6)(H,7,8,9);;;. The molecule has 0 radical (unpaired) electrons. The maximum absolute atomic E-state index is 9.98. The molecule has 0 aromatic carbocycles. The zero-order chi connectivity index (χ0) is 8.20. The van der Waals surface area contributed by atoms with Gasteiger partial charge in [0.25, 0.3) is 10.1 Å². The second-order valence-corrected chi connectivity index (χ2v) is 3.36. The molecule has 0 amide bonds. The van der Waals surface area contributed by atoms with E-state index in [2.05, 4.69) is 0 Å². The normalized spacial score (nSPS) is 10.3. The van der Waals surface area contributed by atoms with Crippen LogP contribution in [-0.4, -0.2) is 67.5 Å². The molecular weight excluding hydrogens is 200 g/mol. The molecule has 0 saturated heterocycles. The predicted octanol–water partition coefficient (Wildman–Crippen LogP) is -1.18. The van der Waals surface area contributed by atoms with Crippen LogP contribution in [-0.2, 0) is 14.9 Å². The monoisotopic (exact) mass is 210 g/mol. The van der Waals surface area contributed by atoms with E-state index in [1.165, 1.54) is 0 Å². The molecule has 0 saturated carbocycles. The van der Waals surface area contributed by atoms with Crippen LogP contribution in [0.4, 0.5) is 0 Å². The van der Waals surface area contributed by atoms with E-state index >= 15 is 0 Å². The third-order valence-corrected chi connectivity index (χ3v) is 1.60. The summed E-state index contributed by atoms with van der Waals surface area (Å²) < 4.78 is 28.1. The second kappa shape index (κ2) is 6.19. The van der Waals surface area contributed by atoms with Crippen LogP contribution in [0.2, 0.25) is 0 Å². The third-order valence-electron chi connectivity index (χ3n) is 0.793. The Morgan fingerprint density at radius 1 is 1.36 bits per heavy atom. The van der Waals surface area contributed by atoms with Gasteiger partial charge in [0.2, 0.25) is 0 Å². The Bertz CT molecular complexity index is 209. The summed E-state index contributed by atoms with van der Waals surface area (Å²) in [5, 5.41) is 8.03. The average molecular weight is 210 g/mol. The molecule has 0 rings (SSSR count). The minimum absolute atomic E-state index is 0. The molecule has 11 heavy (non-hydrogen) atoms. The fourth-order valence-corrected chi connectivity index (χ4v) is 0.915. The minimum atomic E-state index is -3.98. The molecule has 0 spiro atoms. The molecule has 0 unspecified atom stereocenters. The number of carbonyl (C=O) groups is 1. The van der Waals surface area contributed by atoms with Crippen LogP contribution >= 0.6 is 0 Å². The molecule has 0 aliphatic rings. The molecule has 7 heteroatoms. The van der Waals surface area contributed by atoms with Crippen molar-refractivity contribution in [2.24, 2.45) is 0 Å². The van der Waals surface area contributed by atoms with Gasteiger partial charge in [-0.15, -0.1) is 0 Å². The van der Waals surface area contributed by atoms with Gasteiger partial charge in [0.05, 0.1) is 5.75 Å². The third kappa shape index (κ3) is 13.6. The van der Waals surface area contributed by atoms with Crippen molar-refractivity contribution < 1.29 is 22.9 Å². The first kappa shape index (κ1) is 14.2. The molecule has 0 heterocycles. The van der Waals surface area contributed by atoms with Crippen molar-refractivity contribution in [2.75, 3.05) is 5.75 Å². The van der Waals surface area contributed by atoms with Crippen molar-refractivity contribution in [3.63, 3.8) is 0 Å². The SMILES string of the molecule is O=C(O)CCCS(=O)(=O)O.[CaH2]. The van der Waals surface area contributed by atoms with Gasteiger partial charge < -0.3 is 5.11 Å². The van der Waals surface area contributed by atoms with Crippen molar-refractivity contribution >= 4 is 53.8 Å². The summed E-state index contributed by atoms with van der Waals surface area (Å²) >= 11 is 0. The molecule has 0 aliphatic heterocycles. The van der Waals surface area contributed by atoms with Crippen LogP contribution in [0.1, 0.15) is 12.8 Å². The van der Waals surface area contributed by atoms with Gasteiger partial charge in [0, 0.05) is 6.42 Å². The molecule has 5 nitrogen and oxygen atoms in total. The van der Waals surface area contributed by atoms with Crippen molar-refractivity contribution in [3.8, 4) is 0 Å². The predicted molar refractivity (Wildman–Crippen MR) is 41.8 cm³/mol. The summed E-state index contributed by atoms with van der Waals surface area (Å²) in [7, 11) is -3.98. The van der Waals surface area contributed by atoms with Crippen LogP contribution in [0.5, 0.6) is 0 Å². The molecule has 0 atom stereocenters. The van der Waals surface area contributed by atoms with Crippen LogP contribution in [0.25, 0.3) is 0 Å². The molecule has 0 bridgehead atoms. The molecule has 0 fully saturated rings. The Balaban J connectivity index is 0. The summed E-state index contributed by atoms with van der Waals surface area (Å²) in [6, 6.07) is 0. The number of hydrogen-bond donors (Lipinski definition) is 2. The summed E-state index contributed by atoms with van der Waals surface area (Å²) in [5.41, 5.74) is 0. The Morgan fingerprint density at radius 3 is 2.09 bits per heavy atom. The van der Waals surface area contributed by atoms with E-state index < -0.39 is 21.8 Å². The summed E-state index contributed by atoms with van der Waals surface area (Å²) in [4.78, 5) is 9.81. The fraction of sp³-hybridized carbons (Fsp3) is 0.750. The first-order valence-corrected chi connectivity index (χ1v) is 4.20. The molecule has 64 valence electrons. The summed E-state index contributed by atoms with van der Waals surface area (Å²) in [6.07, 6.45) is -0.284. The van der Waals surface area contributed by atoms with Crippen molar-refractivity contribution in [3.05, 3.63) is 0 Å². The zero-order valence-electron chi connectivity index (χ0n) is 5.15. The Labute approximate surface area is 94.5 Å².